The number of aliphatic hydroxyl groups is 3. The molecule has 0 aliphatic carbocycles. The summed E-state index contributed by atoms with van der Waals surface area (Å²) >= 11 is 0. The van der Waals surface area contributed by atoms with Crippen LogP contribution in [0.2, 0.25) is 0 Å². The van der Waals surface area contributed by atoms with E-state index < -0.39 is 115 Å². The fourth-order valence-corrected chi connectivity index (χ4v) is 11.1. The fraction of sp³-hybridized carbons (Fsp3) is 0.737. The lowest BCUT2D eigenvalue weighted by atomic mass is 9.96. The first-order valence-corrected chi connectivity index (χ1v) is 36.8. The predicted octanol–water partition coefficient (Wildman–Crippen LogP) is 13.9. The molecule has 99 heavy (non-hydrogen) atoms. The van der Waals surface area contributed by atoms with Gasteiger partial charge in [-0.1, -0.05) is 194 Å². The van der Waals surface area contributed by atoms with Crippen LogP contribution in [0.15, 0.2) is 62.3 Å². The van der Waals surface area contributed by atoms with E-state index in [1.54, 1.807) is 0 Å². The smallest absolute Gasteiger partial charge is 0.330 e. The van der Waals surface area contributed by atoms with Gasteiger partial charge in [0.2, 0.25) is 0 Å². The molecule has 566 valence electrons. The Bertz CT molecular complexity index is 2330. The van der Waals surface area contributed by atoms with Crippen molar-refractivity contribution >= 4 is 59.7 Å². The topological polar surface area (TPSA) is 346 Å². The van der Waals surface area contributed by atoms with Crippen LogP contribution in [-0.2, 0) is 85.8 Å². The van der Waals surface area contributed by atoms with Crippen LogP contribution in [0.3, 0.4) is 0 Å². The Morgan fingerprint density at radius 3 is 1.00 bits per heavy atom. The predicted molar refractivity (Wildman–Crippen MR) is 374 cm³/mol. The molecular formula is C76H124O23. The van der Waals surface area contributed by atoms with Gasteiger partial charge in [-0.2, -0.15) is 0 Å². The minimum atomic E-state index is -1.34. The minimum absolute atomic E-state index is 0.0336. The maximum absolute atomic E-state index is 13.2. The van der Waals surface area contributed by atoms with E-state index in [0.717, 1.165) is 165 Å². The molecule has 0 rings (SSSR count). The summed E-state index contributed by atoms with van der Waals surface area (Å²) in [7, 11) is 0. The lowest BCUT2D eigenvalue weighted by Crippen LogP contribution is -2.39. The van der Waals surface area contributed by atoms with E-state index in [1.165, 1.54) is 6.08 Å². The Kier molecular flexibility index (Phi) is 58.1. The molecule has 0 fully saturated rings. The van der Waals surface area contributed by atoms with E-state index in [4.69, 9.17) is 48.1 Å². The molecule has 0 saturated heterocycles. The van der Waals surface area contributed by atoms with Crippen LogP contribution in [0, 0.1) is 0 Å². The van der Waals surface area contributed by atoms with Gasteiger partial charge in [-0.15, -0.1) is 0 Å². The van der Waals surface area contributed by atoms with E-state index in [2.05, 4.69) is 33.6 Å². The SMILES string of the molecule is C=CC(=O)OC(CCCCCCC)C(O)CCCCCCCCC(=O)OCC(COC(=O)CCCCCCCCC(OC(=O)C=C)C(CCCCCCC)OC(=O)C/C=C\C(=O)O)OC(=O)CCCCCCCCC(OC(=O)C/C=C\C(=O)O)C(O)CC(O)C(CCCC)OC(=O)C=C. The van der Waals surface area contributed by atoms with Gasteiger partial charge in [0.15, 0.2) is 6.10 Å². The number of aliphatic hydroxyl groups excluding tert-OH is 3. The Labute approximate surface area is 589 Å². The van der Waals surface area contributed by atoms with Gasteiger partial charge >= 0.3 is 59.7 Å². The van der Waals surface area contributed by atoms with Crippen molar-refractivity contribution in [2.75, 3.05) is 13.2 Å². The number of hydrogen-bond acceptors (Lipinski definition) is 21. The molecule has 0 aromatic heterocycles. The number of carbonyl (C=O) groups is 10. The molecule has 0 aliphatic heterocycles. The Hall–Kier alpha value is -6.72. The van der Waals surface area contributed by atoms with Crippen LogP contribution in [-0.4, -0.2) is 153 Å². The summed E-state index contributed by atoms with van der Waals surface area (Å²) in [6.45, 7) is 15.9. The number of carbonyl (C=O) groups excluding carboxylic acids is 8. The van der Waals surface area contributed by atoms with Gasteiger partial charge in [0.05, 0.1) is 31.2 Å². The van der Waals surface area contributed by atoms with Crippen LogP contribution in [0.4, 0.5) is 0 Å². The number of aliphatic carboxylic acids is 2. The van der Waals surface area contributed by atoms with E-state index in [-0.39, 0.29) is 58.2 Å². The Balaban J connectivity index is 5.61. The highest BCUT2D eigenvalue weighted by Gasteiger charge is 2.32. The molecule has 5 N–H and O–H groups in total. The van der Waals surface area contributed by atoms with Crippen molar-refractivity contribution < 1.29 is 111 Å². The van der Waals surface area contributed by atoms with Gasteiger partial charge < -0.3 is 63.4 Å². The average molecular weight is 1410 g/mol. The lowest BCUT2D eigenvalue weighted by molar-refractivity contribution is -0.167. The molecule has 0 spiro atoms. The molecule has 0 saturated carbocycles. The minimum Gasteiger partial charge on any atom is -0.478 e. The Morgan fingerprint density at radius 2 is 0.616 bits per heavy atom. The quantitative estimate of drug-likeness (QED) is 0.0163. The van der Waals surface area contributed by atoms with Crippen LogP contribution in [0.25, 0.3) is 0 Å². The van der Waals surface area contributed by atoms with Crippen LogP contribution >= 0.6 is 0 Å². The van der Waals surface area contributed by atoms with Gasteiger partial charge in [-0.3, -0.25) is 24.0 Å². The second-order valence-electron chi connectivity index (χ2n) is 25.4. The molecule has 0 bridgehead atoms. The molecule has 9 atom stereocenters. The zero-order chi connectivity index (χ0) is 73.7. The van der Waals surface area contributed by atoms with Gasteiger partial charge in [-0.05, 0) is 89.9 Å². The highest BCUT2D eigenvalue weighted by Crippen LogP contribution is 2.25. The van der Waals surface area contributed by atoms with Crippen molar-refractivity contribution in [3.8, 4) is 0 Å². The van der Waals surface area contributed by atoms with E-state index in [9.17, 15) is 63.3 Å². The average Bonchev–Trinajstić information content (AvgIpc) is 0.982. The van der Waals surface area contributed by atoms with Gasteiger partial charge in [-0.25, -0.2) is 24.0 Å². The van der Waals surface area contributed by atoms with E-state index in [0.29, 0.717) is 96.3 Å². The van der Waals surface area contributed by atoms with Crippen LogP contribution in [0.1, 0.15) is 290 Å². The molecular weight excluding hydrogens is 1280 g/mol. The second-order valence-corrected chi connectivity index (χ2v) is 25.4. The summed E-state index contributed by atoms with van der Waals surface area (Å²) in [5, 5.41) is 50.9. The number of unbranched alkanes of at least 4 members (excludes halogenated alkanes) is 24. The highest BCUT2D eigenvalue weighted by molar-refractivity contribution is 5.83. The van der Waals surface area contributed by atoms with Gasteiger partial charge in [0.25, 0.3) is 0 Å². The van der Waals surface area contributed by atoms with Crippen molar-refractivity contribution in [2.24, 2.45) is 0 Å². The number of ether oxygens (including phenoxy) is 8. The zero-order valence-electron chi connectivity index (χ0n) is 60.1. The number of hydrogen-bond donors (Lipinski definition) is 5. The molecule has 0 aromatic rings. The summed E-state index contributed by atoms with van der Waals surface area (Å²) in [5.74, 6) is -7.33. The summed E-state index contributed by atoms with van der Waals surface area (Å²) in [4.78, 5) is 123. The number of carboxylic acids is 2. The standard InChI is InChI=1S/C76H124O23/c1-7-13-16-24-33-44-62(95-69(84)10-4)59(77)42-32-26-18-21-29-37-50-72(87)92-56-58(57-93-73(88)51-38-30-22-20-28-36-46-65(98-71(86)12-6)66(47-35-25-17-14-8-2)99-76(91)54-41-49-68(82)83)94-74(89)52-39-31-23-19-27-34-45-64(97-75(90)53-40-48-67(80)81)61(79)55-60(78)63(43-15-9-3)96-70(85)11-5/h10-12,40-41,48-49,58-66,77-79H,4-9,13-39,42-47,50-57H2,1-3H3,(H,80,81)(H,82,83)/b48-40-,49-41-. The number of carboxylic acid groups (broad SMARTS) is 2. The van der Waals surface area contributed by atoms with Crippen LogP contribution in [0.5, 0.6) is 0 Å². The maximum Gasteiger partial charge on any atom is 0.330 e. The van der Waals surface area contributed by atoms with Crippen LogP contribution < -0.4 is 0 Å². The summed E-state index contributed by atoms with van der Waals surface area (Å²) < 4.78 is 44.7. The van der Waals surface area contributed by atoms with Crippen molar-refractivity contribution in [1.82, 2.24) is 0 Å². The number of esters is 8. The largest absolute Gasteiger partial charge is 0.478 e. The van der Waals surface area contributed by atoms with E-state index in [1.807, 2.05) is 6.92 Å². The molecule has 0 aliphatic rings. The molecule has 0 radical (unpaired) electrons. The first-order chi connectivity index (χ1) is 47.6. The summed E-state index contributed by atoms with van der Waals surface area (Å²) in [5.41, 5.74) is 0. The molecule has 0 aromatic carbocycles. The third kappa shape index (κ3) is 53.8. The molecule has 23 heteroatoms. The molecule has 0 heterocycles. The normalized spacial score (nSPS) is 14.1. The lowest BCUT2D eigenvalue weighted by Gasteiger charge is -2.28. The van der Waals surface area contributed by atoms with E-state index >= 15 is 0 Å². The first kappa shape index (κ1) is 92.3. The van der Waals surface area contributed by atoms with Crippen molar-refractivity contribution in [2.45, 2.75) is 345 Å². The molecule has 23 nitrogen and oxygen atoms in total. The molecule has 9 unspecified atom stereocenters. The fourth-order valence-electron chi connectivity index (χ4n) is 11.1. The number of rotatable bonds is 67. The van der Waals surface area contributed by atoms with Crippen molar-refractivity contribution in [3.05, 3.63) is 62.3 Å². The highest BCUT2D eigenvalue weighted by atomic mass is 16.6. The molecule has 0 amide bonds. The van der Waals surface area contributed by atoms with Gasteiger partial charge in [0, 0.05) is 56.1 Å². The van der Waals surface area contributed by atoms with Crippen molar-refractivity contribution in [3.63, 3.8) is 0 Å². The maximum atomic E-state index is 13.2. The Morgan fingerprint density at radius 1 is 0.323 bits per heavy atom. The summed E-state index contributed by atoms with van der Waals surface area (Å²) in [6.07, 6.45) is 24.6. The third-order valence-electron chi connectivity index (χ3n) is 16.7. The monoisotopic (exact) mass is 1400 g/mol. The first-order valence-electron chi connectivity index (χ1n) is 36.8. The second kappa shape index (κ2) is 62.3. The zero-order valence-corrected chi connectivity index (χ0v) is 60.1. The van der Waals surface area contributed by atoms with Crippen molar-refractivity contribution in [1.29, 1.82) is 0 Å². The third-order valence-corrected chi connectivity index (χ3v) is 16.7. The van der Waals surface area contributed by atoms with Gasteiger partial charge in [0.1, 0.15) is 43.7 Å². The summed E-state index contributed by atoms with van der Waals surface area (Å²) in [6, 6.07) is 0.